The molecule has 0 spiro atoms. The van der Waals surface area contributed by atoms with E-state index in [1.165, 1.54) is 12.1 Å². The molecule has 0 unspecified atom stereocenters. The van der Waals surface area contributed by atoms with Crippen LogP contribution in [-0.4, -0.2) is 19.0 Å². The first-order chi connectivity index (χ1) is 10.7. The number of carbonyl (C=O) groups is 2. The van der Waals surface area contributed by atoms with Crippen LogP contribution >= 0.6 is 0 Å². The summed E-state index contributed by atoms with van der Waals surface area (Å²) in [7, 11) is 1.52. The Bertz CT molecular complexity index is 742. The van der Waals surface area contributed by atoms with Crippen LogP contribution in [-0.2, 0) is 4.79 Å². The molecule has 5 nitrogen and oxygen atoms in total. The molecular weight excluding hydrogens is 278 g/mol. The van der Waals surface area contributed by atoms with E-state index in [4.69, 9.17) is 0 Å². The number of para-hydroxylation sites is 1. The number of allylic oxidation sites excluding steroid dienone is 6. The van der Waals surface area contributed by atoms with Gasteiger partial charge in [0, 0.05) is 12.6 Å². The fourth-order valence-electron chi connectivity index (χ4n) is 2.37. The van der Waals surface area contributed by atoms with Crippen molar-refractivity contribution in [2.75, 3.05) is 12.1 Å². The summed E-state index contributed by atoms with van der Waals surface area (Å²) in [5, 5.41) is 3.72. The standard InChI is InChI=1S/C17H15N3O2/c1-18-17(22)20(13-7-3-2-4-8-13)19-16(21)15-11-10-12-6-5-9-14(12)15/h2-11H,1H3,(H,18,22)(H,19,21). The summed E-state index contributed by atoms with van der Waals surface area (Å²) in [6.45, 7) is 0. The number of nitrogens with zero attached hydrogens (tertiary/aromatic N) is 1. The average Bonchev–Trinajstić information content (AvgIpc) is 3.15. The third kappa shape index (κ3) is 2.44. The minimum atomic E-state index is -0.412. The normalized spacial score (nSPS) is 14.7. The Balaban J connectivity index is 1.86. The van der Waals surface area contributed by atoms with E-state index in [2.05, 4.69) is 10.7 Å². The molecule has 0 heterocycles. The van der Waals surface area contributed by atoms with E-state index in [1.54, 1.807) is 30.3 Å². The average molecular weight is 293 g/mol. The van der Waals surface area contributed by atoms with Gasteiger partial charge < -0.3 is 5.32 Å². The van der Waals surface area contributed by atoms with E-state index < -0.39 is 6.03 Å². The van der Waals surface area contributed by atoms with Crippen molar-refractivity contribution >= 4 is 17.6 Å². The molecule has 0 saturated heterocycles. The van der Waals surface area contributed by atoms with E-state index in [1.807, 2.05) is 30.4 Å². The number of fused-ring (bicyclic) bond motifs is 1. The predicted molar refractivity (Wildman–Crippen MR) is 84.9 cm³/mol. The van der Waals surface area contributed by atoms with Gasteiger partial charge in [0.05, 0.1) is 5.69 Å². The fourth-order valence-corrected chi connectivity index (χ4v) is 2.37. The van der Waals surface area contributed by atoms with Crippen molar-refractivity contribution in [3.8, 4) is 0 Å². The molecule has 3 rings (SSSR count). The Kier molecular flexibility index (Phi) is 3.62. The molecule has 1 aromatic carbocycles. The van der Waals surface area contributed by atoms with E-state index in [0.29, 0.717) is 11.3 Å². The van der Waals surface area contributed by atoms with E-state index in [9.17, 15) is 9.59 Å². The Labute approximate surface area is 128 Å². The van der Waals surface area contributed by atoms with Crippen LogP contribution in [0.25, 0.3) is 0 Å². The molecule has 2 aliphatic rings. The Morgan fingerprint density at radius 1 is 1.05 bits per heavy atom. The monoisotopic (exact) mass is 293 g/mol. The van der Waals surface area contributed by atoms with Gasteiger partial charge in [0.25, 0.3) is 5.91 Å². The molecule has 0 aromatic heterocycles. The lowest BCUT2D eigenvalue weighted by molar-refractivity contribution is -0.117. The first-order valence-corrected chi connectivity index (χ1v) is 6.89. The molecule has 22 heavy (non-hydrogen) atoms. The summed E-state index contributed by atoms with van der Waals surface area (Å²) in [6.07, 6.45) is 9.37. The minimum Gasteiger partial charge on any atom is -0.339 e. The van der Waals surface area contributed by atoms with Gasteiger partial charge >= 0.3 is 6.03 Å². The van der Waals surface area contributed by atoms with Crippen molar-refractivity contribution < 1.29 is 9.59 Å². The SMILES string of the molecule is CNC(=O)N(NC(=O)C1=C2C=CC=C2C=C1)c1ccccc1. The van der Waals surface area contributed by atoms with Gasteiger partial charge in [-0.25, -0.2) is 9.80 Å². The van der Waals surface area contributed by atoms with Crippen LogP contribution in [0.15, 0.2) is 77.4 Å². The molecule has 0 fully saturated rings. The topological polar surface area (TPSA) is 61.4 Å². The van der Waals surface area contributed by atoms with Gasteiger partial charge in [-0.1, -0.05) is 42.5 Å². The van der Waals surface area contributed by atoms with Crippen molar-refractivity contribution in [1.29, 1.82) is 0 Å². The molecule has 2 aliphatic carbocycles. The number of amides is 3. The lowest BCUT2D eigenvalue weighted by atomic mass is 10.1. The Morgan fingerprint density at radius 2 is 1.82 bits per heavy atom. The summed E-state index contributed by atoms with van der Waals surface area (Å²) < 4.78 is 0. The van der Waals surface area contributed by atoms with Crippen molar-refractivity contribution in [3.05, 3.63) is 77.4 Å². The molecule has 0 saturated carbocycles. The van der Waals surface area contributed by atoms with Gasteiger partial charge in [-0.3, -0.25) is 10.2 Å². The summed E-state index contributed by atoms with van der Waals surface area (Å²) in [6, 6.07) is 8.53. The molecule has 1 aromatic rings. The van der Waals surface area contributed by atoms with Gasteiger partial charge in [0.1, 0.15) is 0 Å². The zero-order valence-electron chi connectivity index (χ0n) is 12.0. The van der Waals surface area contributed by atoms with Crippen molar-refractivity contribution in [1.82, 2.24) is 10.7 Å². The highest BCUT2D eigenvalue weighted by Gasteiger charge is 2.23. The highest BCUT2D eigenvalue weighted by molar-refractivity contribution is 6.04. The number of carbonyl (C=O) groups excluding carboxylic acids is 2. The van der Waals surface area contributed by atoms with Gasteiger partial charge in [0.2, 0.25) is 0 Å². The summed E-state index contributed by atoms with van der Waals surface area (Å²) >= 11 is 0. The molecule has 110 valence electrons. The van der Waals surface area contributed by atoms with Gasteiger partial charge in [-0.2, -0.15) is 0 Å². The third-order valence-corrected chi connectivity index (χ3v) is 3.46. The zero-order valence-corrected chi connectivity index (χ0v) is 12.0. The Hall–Kier alpha value is -3.08. The second-order valence-corrected chi connectivity index (χ2v) is 4.81. The number of hydrogen-bond donors (Lipinski definition) is 2. The number of hydrogen-bond acceptors (Lipinski definition) is 2. The lowest BCUT2D eigenvalue weighted by Crippen LogP contribution is -2.50. The highest BCUT2D eigenvalue weighted by Crippen LogP contribution is 2.29. The summed E-state index contributed by atoms with van der Waals surface area (Å²) in [5.74, 6) is -0.325. The van der Waals surface area contributed by atoms with E-state index >= 15 is 0 Å². The number of nitrogens with one attached hydrogen (secondary N) is 2. The van der Waals surface area contributed by atoms with Crippen molar-refractivity contribution in [2.24, 2.45) is 0 Å². The van der Waals surface area contributed by atoms with Crippen LogP contribution in [0.1, 0.15) is 0 Å². The van der Waals surface area contributed by atoms with Gasteiger partial charge in [-0.05, 0) is 29.4 Å². The molecule has 2 N–H and O–H groups in total. The number of rotatable bonds is 2. The number of urea groups is 1. The van der Waals surface area contributed by atoms with Gasteiger partial charge in [-0.15, -0.1) is 0 Å². The van der Waals surface area contributed by atoms with Crippen LogP contribution in [0, 0.1) is 0 Å². The number of benzene rings is 1. The molecule has 3 amide bonds. The molecular formula is C17H15N3O2. The van der Waals surface area contributed by atoms with Crippen LogP contribution in [0.3, 0.4) is 0 Å². The summed E-state index contributed by atoms with van der Waals surface area (Å²) in [4.78, 5) is 24.5. The van der Waals surface area contributed by atoms with E-state index in [-0.39, 0.29) is 5.91 Å². The highest BCUT2D eigenvalue weighted by atomic mass is 16.2. The van der Waals surface area contributed by atoms with E-state index in [0.717, 1.165) is 11.1 Å². The quantitative estimate of drug-likeness (QED) is 0.821. The minimum absolute atomic E-state index is 0.325. The lowest BCUT2D eigenvalue weighted by Gasteiger charge is -2.23. The molecule has 0 atom stereocenters. The maximum Gasteiger partial charge on any atom is 0.340 e. The second kappa shape index (κ2) is 5.73. The first-order valence-electron chi connectivity index (χ1n) is 6.89. The molecule has 0 radical (unpaired) electrons. The molecule has 0 aliphatic heterocycles. The van der Waals surface area contributed by atoms with Crippen molar-refractivity contribution in [3.63, 3.8) is 0 Å². The zero-order chi connectivity index (χ0) is 15.5. The van der Waals surface area contributed by atoms with Crippen LogP contribution in [0.2, 0.25) is 0 Å². The number of hydrazine groups is 1. The van der Waals surface area contributed by atoms with Crippen LogP contribution < -0.4 is 15.8 Å². The third-order valence-electron chi connectivity index (χ3n) is 3.46. The number of anilines is 1. The maximum atomic E-state index is 12.5. The predicted octanol–water partition coefficient (Wildman–Crippen LogP) is 2.23. The van der Waals surface area contributed by atoms with Crippen LogP contribution in [0.4, 0.5) is 10.5 Å². The Morgan fingerprint density at radius 3 is 2.55 bits per heavy atom. The second-order valence-electron chi connectivity index (χ2n) is 4.81. The fraction of sp³-hybridized carbons (Fsp3) is 0.0588. The maximum absolute atomic E-state index is 12.5. The molecule has 5 heteroatoms. The van der Waals surface area contributed by atoms with Crippen molar-refractivity contribution in [2.45, 2.75) is 0 Å². The first kappa shape index (κ1) is 13.9. The largest absolute Gasteiger partial charge is 0.340 e. The van der Waals surface area contributed by atoms with Gasteiger partial charge in [0.15, 0.2) is 0 Å². The van der Waals surface area contributed by atoms with Crippen LogP contribution in [0.5, 0.6) is 0 Å². The smallest absolute Gasteiger partial charge is 0.339 e. The summed E-state index contributed by atoms with van der Waals surface area (Å²) in [5.41, 5.74) is 5.67. The molecule has 0 bridgehead atoms.